The van der Waals surface area contributed by atoms with Crippen molar-refractivity contribution in [3.8, 4) is 0 Å². The van der Waals surface area contributed by atoms with E-state index in [1.165, 1.54) is 0 Å². The fourth-order valence-electron chi connectivity index (χ4n) is 2.99. The van der Waals surface area contributed by atoms with Gasteiger partial charge >= 0.3 is 0 Å². The summed E-state index contributed by atoms with van der Waals surface area (Å²) in [6, 6.07) is 7.80. The Labute approximate surface area is 139 Å². The molecule has 0 unspecified atom stereocenters. The lowest BCUT2D eigenvalue weighted by Crippen LogP contribution is -2.36. The van der Waals surface area contributed by atoms with Crippen LogP contribution in [0.2, 0.25) is 0 Å². The number of fused-ring (bicyclic) bond motifs is 1. The summed E-state index contributed by atoms with van der Waals surface area (Å²) in [7, 11) is 0. The number of hydrogen-bond donors (Lipinski definition) is 0. The molecule has 0 N–H and O–H groups in total. The van der Waals surface area contributed by atoms with Gasteiger partial charge in [0.1, 0.15) is 0 Å². The summed E-state index contributed by atoms with van der Waals surface area (Å²) in [6.07, 6.45) is 5.39. The zero-order valence-corrected chi connectivity index (χ0v) is 13.6. The summed E-state index contributed by atoms with van der Waals surface area (Å²) in [5.41, 5.74) is 2.65. The Morgan fingerprint density at radius 3 is 2.88 bits per heavy atom. The van der Waals surface area contributed by atoms with E-state index in [4.69, 9.17) is 4.52 Å². The number of hydrogen-bond acceptors (Lipinski definition) is 5. The minimum Gasteiger partial charge on any atom is -0.336 e. The number of carbonyl (C=O) groups is 1. The van der Waals surface area contributed by atoms with Gasteiger partial charge in [-0.05, 0) is 44.9 Å². The van der Waals surface area contributed by atoms with Gasteiger partial charge in [-0.3, -0.25) is 9.78 Å². The predicted octanol–water partition coefficient (Wildman–Crippen LogP) is 3.29. The van der Waals surface area contributed by atoms with E-state index >= 15 is 0 Å². The first-order valence-electron chi connectivity index (χ1n) is 8.11. The smallest absolute Gasteiger partial charge is 0.257 e. The van der Waals surface area contributed by atoms with Crippen LogP contribution in [-0.4, -0.2) is 32.0 Å². The number of rotatable bonds is 4. The molecule has 0 bridgehead atoms. The van der Waals surface area contributed by atoms with E-state index in [1.807, 2.05) is 43.0 Å². The van der Waals surface area contributed by atoms with Crippen molar-refractivity contribution in [2.24, 2.45) is 0 Å². The van der Waals surface area contributed by atoms with Crippen LogP contribution in [0.4, 0.5) is 0 Å². The highest BCUT2D eigenvalue weighted by atomic mass is 16.5. The lowest BCUT2D eigenvalue weighted by Gasteiger charge is -2.29. The van der Waals surface area contributed by atoms with E-state index < -0.39 is 0 Å². The van der Waals surface area contributed by atoms with Gasteiger partial charge in [-0.15, -0.1) is 0 Å². The van der Waals surface area contributed by atoms with Crippen LogP contribution in [0, 0.1) is 6.92 Å². The van der Waals surface area contributed by atoms with Crippen molar-refractivity contribution in [1.29, 1.82) is 0 Å². The molecule has 0 radical (unpaired) electrons. The number of nitrogens with zero attached hydrogens (tertiary/aromatic N) is 4. The molecule has 3 heterocycles. The van der Waals surface area contributed by atoms with Crippen LogP contribution in [0.1, 0.15) is 47.6 Å². The summed E-state index contributed by atoms with van der Waals surface area (Å²) in [5, 5.41) is 4.68. The van der Waals surface area contributed by atoms with Crippen molar-refractivity contribution in [1.82, 2.24) is 20.0 Å². The van der Waals surface area contributed by atoms with Crippen molar-refractivity contribution in [2.75, 3.05) is 0 Å². The highest BCUT2D eigenvalue weighted by Gasteiger charge is 2.37. The van der Waals surface area contributed by atoms with Gasteiger partial charge in [0.25, 0.3) is 11.6 Å². The summed E-state index contributed by atoms with van der Waals surface area (Å²) in [6.45, 7) is 3.87. The number of pyridine rings is 2. The maximum Gasteiger partial charge on any atom is 0.257 e. The second-order valence-corrected chi connectivity index (χ2v) is 6.22. The SMILES string of the molecule is Cc1noc2ncc(C(=O)N(C3CC3)[C@H](C)c3ccccn3)cc12. The minimum atomic E-state index is -0.0783. The Hall–Kier alpha value is -2.76. The first-order chi connectivity index (χ1) is 11.6. The van der Waals surface area contributed by atoms with Crippen LogP contribution in [0.5, 0.6) is 0 Å². The Bertz CT molecular complexity index is 886. The molecule has 4 rings (SSSR count). The molecule has 1 fully saturated rings. The van der Waals surface area contributed by atoms with E-state index in [9.17, 15) is 4.79 Å². The van der Waals surface area contributed by atoms with Crippen LogP contribution in [0.25, 0.3) is 11.1 Å². The van der Waals surface area contributed by atoms with E-state index in [-0.39, 0.29) is 18.0 Å². The second kappa shape index (κ2) is 5.70. The summed E-state index contributed by atoms with van der Waals surface area (Å²) < 4.78 is 5.12. The van der Waals surface area contributed by atoms with Crippen molar-refractivity contribution < 1.29 is 9.32 Å². The fraction of sp³-hybridized carbons (Fsp3) is 0.333. The predicted molar refractivity (Wildman–Crippen MR) is 88.4 cm³/mol. The topological polar surface area (TPSA) is 72.1 Å². The number of amides is 1. The molecule has 1 saturated carbocycles. The van der Waals surface area contributed by atoms with Crippen molar-refractivity contribution in [3.05, 3.63) is 53.6 Å². The van der Waals surface area contributed by atoms with Gasteiger partial charge < -0.3 is 9.42 Å². The van der Waals surface area contributed by atoms with Crippen molar-refractivity contribution in [3.63, 3.8) is 0 Å². The molecule has 1 atom stereocenters. The van der Waals surface area contributed by atoms with Gasteiger partial charge in [0, 0.05) is 18.4 Å². The standard InChI is InChI=1S/C18H18N4O2/c1-11-15-9-13(10-20-17(15)24-21-11)18(23)22(14-6-7-14)12(2)16-5-3-4-8-19-16/h3-5,8-10,12,14H,6-7H2,1-2H3/t12-/m1/s1. The third kappa shape index (κ3) is 2.54. The average Bonchev–Trinajstić information content (AvgIpc) is 3.38. The summed E-state index contributed by atoms with van der Waals surface area (Å²) in [5.74, 6) is -0.0225. The highest BCUT2D eigenvalue weighted by Crippen LogP contribution is 2.35. The fourth-order valence-corrected chi connectivity index (χ4v) is 2.99. The number of carbonyl (C=O) groups excluding carboxylic acids is 1. The van der Waals surface area contributed by atoms with Crippen LogP contribution in [0.3, 0.4) is 0 Å². The third-order valence-electron chi connectivity index (χ3n) is 4.46. The Balaban J connectivity index is 1.69. The van der Waals surface area contributed by atoms with Gasteiger partial charge in [-0.25, -0.2) is 4.98 Å². The van der Waals surface area contributed by atoms with Gasteiger partial charge in [0.05, 0.1) is 28.4 Å². The lowest BCUT2D eigenvalue weighted by atomic mass is 10.1. The minimum absolute atomic E-state index is 0.0225. The number of aryl methyl sites for hydroxylation is 1. The van der Waals surface area contributed by atoms with Crippen LogP contribution >= 0.6 is 0 Å². The third-order valence-corrected chi connectivity index (χ3v) is 4.46. The summed E-state index contributed by atoms with van der Waals surface area (Å²) >= 11 is 0. The molecule has 1 amide bonds. The van der Waals surface area contributed by atoms with E-state index in [0.717, 1.165) is 29.6 Å². The van der Waals surface area contributed by atoms with E-state index in [0.29, 0.717) is 11.3 Å². The molecule has 0 spiro atoms. The Morgan fingerprint density at radius 1 is 1.33 bits per heavy atom. The molecule has 122 valence electrons. The molecule has 0 aromatic carbocycles. The number of aromatic nitrogens is 3. The molecule has 24 heavy (non-hydrogen) atoms. The van der Waals surface area contributed by atoms with Gasteiger partial charge in [0.2, 0.25) is 0 Å². The Morgan fingerprint density at radius 2 is 2.17 bits per heavy atom. The molecule has 1 aliphatic carbocycles. The maximum atomic E-state index is 13.1. The molecule has 6 heteroatoms. The molecule has 6 nitrogen and oxygen atoms in total. The van der Waals surface area contributed by atoms with Crippen LogP contribution in [0.15, 0.2) is 41.2 Å². The van der Waals surface area contributed by atoms with E-state index in [1.54, 1.807) is 12.4 Å². The molecular formula is C18H18N4O2. The lowest BCUT2D eigenvalue weighted by molar-refractivity contribution is 0.0670. The van der Waals surface area contributed by atoms with Crippen LogP contribution in [-0.2, 0) is 0 Å². The molecule has 0 aliphatic heterocycles. The van der Waals surface area contributed by atoms with Gasteiger partial charge in [-0.2, -0.15) is 0 Å². The zero-order chi connectivity index (χ0) is 16.7. The first-order valence-corrected chi connectivity index (χ1v) is 8.11. The quantitative estimate of drug-likeness (QED) is 0.737. The van der Waals surface area contributed by atoms with Gasteiger partial charge in [0.15, 0.2) is 0 Å². The second-order valence-electron chi connectivity index (χ2n) is 6.22. The molecule has 3 aromatic heterocycles. The van der Waals surface area contributed by atoms with Gasteiger partial charge in [-0.1, -0.05) is 11.2 Å². The summed E-state index contributed by atoms with van der Waals surface area (Å²) in [4.78, 5) is 23.7. The van der Waals surface area contributed by atoms with Crippen molar-refractivity contribution >= 4 is 17.0 Å². The molecular weight excluding hydrogens is 304 g/mol. The molecule has 1 aliphatic rings. The largest absolute Gasteiger partial charge is 0.336 e. The highest BCUT2D eigenvalue weighted by molar-refractivity contribution is 5.97. The molecule has 3 aromatic rings. The molecule has 0 saturated heterocycles. The average molecular weight is 322 g/mol. The zero-order valence-electron chi connectivity index (χ0n) is 13.6. The van der Waals surface area contributed by atoms with Crippen molar-refractivity contribution in [2.45, 2.75) is 38.8 Å². The monoisotopic (exact) mass is 322 g/mol. The Kier molecular flexibility index (Phi) is 3.52. The van der Waals surface area contributed by atoms with E-state index in [2.05, 4.69) is 15.1 Å². The maximum absolute atomic E-state index is 13.1. The first kappa shape index (κ1) is 14.8. The normalized spacial score (nSPS) is 15.4. The van der Waals surface area contributed by atoms with Crippen LogP contribution < -0.4 is 0 Å².